The maximum Gasteiger partial charge on any atom is 0.220 e. The van der Waals surface area contributed by atoms with Crippen LogP contribution in [0.2, 0.25) is 0 Å². The lowest BCUT2D eigenvalue weighted by molar-refractivity contribution is 0.0848. The van der Waals surface area contributed by atoms with Crippen molar-refractivity contribution in [3.63, 3.8) is 0 Å². The van der Waals surface area contributed by atoms with E-state index >= 15 is 0 Å². The molecule has 0 radical (unpaired) electrons. The van der Waals surface area contributed by atoms with Crippen LogP contribution in [-0.2, 0) is 4.74 Å². The molecule has 2 aromatic rings. The SMILES string of the molecule is Nc1nc(C2CCOCC2)c2ccc(F)cc2n1. The molecule has 2 heterocycles. The number of halogens is 1. The lowest BCUT2D eigenvalue weighted by Crippen LogP contribution is -2.16. The van der Waals surface area contributed by atoms with Crippen molar-refractivity contribution in [2.75, 3.05) is 18.9 Å². The van der Waals surface area contributed by atoms with Crippen molar-refractivity contribution in [2.45, 2.75) is 18.8 Å². The van der Waals surface area contributed by atoms with Gasteiger partial charge in [0, 0.05) is 30.6 Å². The van der Waals surface area contributed by atoms with Crippen molar-refractivity contribution in [1.82, 2.24) is 9.97 Å². The van der Waals surface area contributed by atoms with Crippen molar-refractivity contribution in [2.24, 2.45) is 0 Å². The number of rotatable bonds is 1. The van der Waals surface area contributed by atoms with Gasteiger partial charge in [-0.05, 0) is 25.0 Å². The first-order valence-corrected chi connectivity index (χ1v) is 6.04. The maximum absolute atomic E-state index is 13.2. The van der Waals surface area contributed by atoms with Crippen LogP contribution >= 0.6 is 0 Å². The van der Waals surface area contributed by atoms with Gasteiger partial charge in [0.15, 0.2) is 0 Å². The van der Waals surface area contributed by atoms with Crippen LogP contribution in [0.5, 0.6) is 0 Å². The van der Waals surface area contributed by atoms with Crippen LogP contribution in [0.15, 0.2) is 18.2 Å². The fourth-order valence-corrected chi connectivity index (χ4v) is 2.43. The molecule has 1 aliphatic rings. The normalized spacial score (nSPS) is 17.2. The van der Waals surface area contributed by atoms with E-state index in [1.54, 1.807) is 6.07 Å². The Morgan fingerprint density at radius 1 is 1.22 bits per heavy atom. The summed E-state index contributed by atoms with van der Waals surface area (Å²) in [6.45, 7) is 1.47. The number of anilines is 1. The predicted octanol–water partition coefficient (Wildman–Crippen LogP) is 2.25. The van der Waals surface area contributed by atoms with E-state index in [2.05, 4.69) is 9.97 Å². The second-order valence-electron chi connectivity index (χ2n) is 4.52. The Hall–Kier alpha value is -1.75. The second-order valence-corrected chi connectivity index (χ2v) is 4.52. The highest BCUT2D eigenvalue weighted by Crippen LogP contribution is 2.31. The van der Waals surface area contributed by atoms with Crippen molar-refractivity contribution < 1.29 is 9.13 Å². The summed E-state index contributed by atoms with van der Waals surface area (Å²) in [6, 6.07) is 4.57. The highest BCUT2D eigenvalue weighted by molar-refractivity contribution is 5.82. The number of nitrogens with two attached hydrogens (primary N) is 1. The van der Waals surface area contributed by atoms with Gasteiger partial charge in [0.2, 0.25) is 5.95 Å². The number of ether oxygens (including phenoxy) is 1. The maximum atomic E-state index is 13.2. The number of nitrogen functional groups attached to an aromatic ring is 1. The Morgan fingerprint density at radius 2 is 2.00 bits per heavy atom. The van der Waals surface area contributed by atoms with Crippen molar-refractivity contribution in [3.05, 3.63) is 29.7 Å². The van der Waals surface area contributed by atoms with Gasteiger partial charge in [0.25, 0.3) is 0 Å². The fraction of sp³-hybridized carbons (Fsp3) is 0.385. The van der Waals surface area contributed by atoms with E-state index < -0.39 is 0 Å². The molecule has 94 valence electrons. The van der Waals surface area contributed by atoms with Crippen LogP contribution in [0.1, 0.15) is 24.5 Å². The summed E-state index contributed by atoms with van der Waals surface area (Å²) < 4.78 is 18.6. The lowest BCUT2D eigenvalue weighted by atomic mass is 9.93. The minimum absolute atomic E-state index is 0.203. The summed E-state index contributed by atoms with van der Waals surface area (Å²) in [5, 5.41) is 0.887. The van der Waals surface area contributed by atoms with Gasteiger partial charge in [-0.25, -0.2) is 14.4 Å². The van der Waals surface area contributed by atoms with E-state index in [9.17, 15) is 4.39 Å². The zero-order valence-corrected chi connectivity index (χ0v) is 9.90. The molecule has 0 bridgehead atoms. The topological polar surface area (TPSA) is 61.0 Å². The molecule has 0 atom stereocenters. The number of nitrogens with zero attached hydrogens (tertiary/aromatic N) is 2. The van der Waals surface area contributed by atoms with E-state index in [0.29, 0.717) is 11.4 Å². The van der Waals surface area contributed by atoms with E-state index in [4.69, 9.17) is 10.5 Å². The number of hydrogen-bond donors (Lipinski definition) is 1. The largest absolute Gasteiger partial charge is 0.381 e. The van der Waals surface area contributed by atoms with Crippen LogP contribution < -0.4 is 5.73 Å². The Labute approximate surface area is 104 Å². The molecule has 1 aromatic heterocycles. The fourth-order valence-electron chi connectivity index (χ4n) is 2.43. The molecule has 0 unspecified atom stereocenters. The Morgan fingerprint density at radius 3 is 2.78 bits per heavy atom. The van der Waals surface area contributed by atoms with Gasteiger partial charge in [0.05, 0.1) is 11.2 Å². The molecule has 18 heavy (non-hydrogen) atoms. The zero-order valence-electron chi connectivity index (χ0n) is 9.90. The van der Waals surface area contributed by atoms with Gasteiger partial charge in [-0.2, -0.15) is 0 Å². The lowest BCUT2D eigenvalue weighted by Gasteiger charge is -2.22. The molecule has 2 N–H and O–H groups in total. The average Bonchev–Trinajstić information content (AvgIpc) is 2.38. The van der Waals surface area contributed by atoms with Gasteiger partial charge in [-0.1, -0.05) is 0 Å². The van der Waals surface area contributed by atoms with Crippen molar-refractivity contribution in [1.29, 1.82) is 0 Å². The van der Waals surface area contributed by atoms with Gasteiger partial charge in [0.1, 0.15) is 5.82 Å². The van der Waals surface area contributed by atoms with Crippen LogP contribution in [-0.4, -0.2) is 23.2 Å². The molecule has 1 fully saturated rings. The average molecular weight is 247 g/mol. The van der Waals surface area contributed by atoms with Crippen molar-refractivity contribution in [3.8, 4) is 0 Å². The number of fused-ring (bicyclic) bond motifs is 1. The second kappa shape index (κ2) is 4.49. The summed E-state index contributed by atoms with van der Waals surface area (Å²) in [7, 11) is 0. The third kappa shape index (κ3) is 2.01. The van der Waals surface area contributed by atoms with E-state index in [1.807, 2.05) is 0 Å². The molecule has 4 nitrogen and oxygen atoms in total. The highest BCUT2D eigenvalue weighted by atomic mass is 19.1. The molecule has 0 saturated carbocycles. The first-order valence-electron chi connectivity index (χ1n) is 6.04. The smallest absolute Gasteiger partial charge is 0.220 e. The first-order chi connectivity index (χ1) is 8.74. The van der Waals surface area contributed by atoms with Gasteiger partial charge in [-0.15, -0.1) is 0 Å². The summed E-state index contributed by atoms with van der Waals surface area (Å²) in [5.41, 5.74) is 7.20. The summed E-state index contributed by atoms with van der Waals surface area (Å²) >= 11 is 0. The Kier molecular flexibility index (Phi) is 2.83. The predicted molar refractivity (Wildman–Crippen MR) is 66.7 cm³/mol. The first kappa shape index (κ1) is 11.3. The quantitative estimate of drug-likeness (QED) is 0.839. The highest BCUT2D eigenvalue weighted by Gasteiger charge is 2.20. The number of hydrogen-bond acceptors (Lipinski definition) is 4. The van der Waals surface area contributed by atoms with Gasteiger partial charge in [-0.3, -0.25) is 0 Å². The van der Waals surface area contributed by atoms with E-state index in [-0.39, 0.29) is 11.8 Å². The Balaban J connectivity index is 2.14. The summed E-state index contributed by atoms with van der Waals surface area (Å²) in [5.74, 6) is 0.213. The molecular weight excluding hydrogens is 233 g/mol. The van der Waals surface area contributed by atoms with Gasteiger partial charge >= 0.3 is 0 Å². The van der Waals surface area contributed by atoms with E-state index in [1.165, 1.54) is 12.1 Å². The van der Waals surface area contributed by atoms with Crippen LogP contribution in [0.3, 0.4) is 0 Å². The molecule has 0 spiro atoms. The number of benzene rings is 1. The molecular formula is C13H14FN3O. The minimum Gasteiger partial charge on any atom is -0.381 e. The van der Waals surface area contributed by atoms with Crippen LogP contribution in [0.4, 0.5) is 10.3 Å². The monoisotopic (exact) mass is 247 g/mol. The number of aromatic nitrogens is 2. The molecule has 0 aliphatic carbocycles. The van der Waals surface area contributed by atoms with Crippen LogP contribution in [0, 0.1) is 5.82 Å². The molecule has 1 aliphatic heterocycles. The van der Waals surface area contributed by atoms with Crippen molar-refractivity contribution >= 4 is 16.9 Å². The Bertz CT molecular complexity index is 576. The molecule has 0 amide bonds. The van der Waals surface area contributed by atoms with Gasteiger partial charge < -0.3 is 10.5 Å². The van der Waals surface area contributed by atoms with Crippen LogP contribution in [0.25, 0.3) is 10.9 Å². The molecule has 1 saturated heterocycles. The standard InChI is InChI=1S/C13H14FN3O/c14-9-1-2-10-11(7-9)16-13(15)17-12(10)8-3-5-18-6-4-8/h1-2,7-8H,3-6H2,(H2,15,16,17). The summed E-state index contributed by atoms with van der Waals surface area (Å²) in [4.78, 5) is 8.43. The molecule has 1 aromatic carbocycles. The minimum atomic E-state index is -0.307. The summed E-state index contributed by atoms with van der Waals surface area (Å²) in [6.07, 6.45) is 1.84. The zero-order chi connectivity index (χ0) is 12.5. The third-order valence-electron chi connectivity index (χ3n) is 3.31. The van der Waals surface area contributed by atoms with E-state index in [0.717, 1.165) is 37.1 Å². The third-order valence-corrected chi connectivity index (χ3v) is 3.31. The molecule has 3 rings (SSSR count). The molecule has 5 heteroatoms.